The molecule has 2 amide bonds. The highest BCUT2D eigenvalue weighted by Gasteiger charge is 2.18. The number of nitrogens with zero attached hydrogens (tertiary/aromatic N) is 1. The Hall–Kier alpha value is -1.96. The van der Waals surface area contributed by atoms with Gasteiger partial charge >= 0.3 is 0 Å². The van der Waals surface area contributed by atoms with Crippen LogP contribution < -0.4 is 16.4 Å². The molecular weight excluding hydrogens is 360 g/mol. The first-order chi connectivity index (χ1) is 11.4. The van der Waals surface area contributed by atoms with Gasteiger partial charge in [0.15, 0.2) is 0 Å². The number of thiazole rings is 1. The van der Waals surface area contributed by atoms with Crippen LogP contribution in [0.2, 0.25) is 0 Å². The first kappa shape index (κ1) is 21.1. The Labute approximate surface area is 157 Å². The fraction of sp³-hybridized carbons (Fsp3) is 0.353. The second kappa shape index (κ2) is 9.50. The van der Waals surface area contributed by atoms with Crippen LogP contribution >= 0.6 is 23.7 Å². The van der Waals surface area contributed by atoms with Crippen molar-refractivity contribution < 1.29 is 9.59 Å². The maximum absolute atomic E-state index is 12.1. The molecule has 1 atom stereocenters. The van der Waals surface area contributed by atoms with Gasteiger partial charge in [0, 0.05) is 5.56 Å². The van der Waals surface area contributed by atoms with Crippen molar-refractivity contribution in [3.63, 3.8) is 0 Å². The monoisotopic (exact) mass is 382 g/mol. The van der Waals surface area contributed by atoms with E-state index in [0.29, 0.717) is 5.00 Å². The number of hydrogen-bond acceptors (Lipinski definition) is 5. The third-order valence-corrected chi connectivity index (χ3v) is 4.36. The molecule has 0 aliphatic rings. The number of nitrogens with two attached hydrogens (primary N) is 1. The van der Waals surface area contributed by atoms with Crippen molar-refractivity contribution in [2.75, 3.05) is 11.9 Å². The van der Waals surface area contributed by atoms with Gasteiger partial charge in [0.1, 0.15) is 10.7 Å². The fourth-order valence-corrected chi connectivity index (χ4v) is 2.92. The molecule has 1 heterocycles. The normalized spacial score (nSPS) is 11.6. The van der Waals surface area contributed by atoms with E-state index in [2.05, 4.69) is 15.6 Å². The van der Waals surface area contributed by atoms with Crippen LogP contribution in [-0.2, 0) is 9.59 Å². The van der Waals surface area contributed by atoms with E-state index in [0.717, 1.165) is 16.3 Å². The van der Waals surface area contributed by atoms with Crippen molar-refractivity contribution in [2.45, 2.75) is 26.8 Å². The fourth-order valence-electron chi connectivity index (χ4n) is 2.06. The SMILES string of the molecule is Cc1nc(-c2ccccc2)c(NC(=O)CNC(=O)[C@@H](N)C(C)C)s1.Cl. The molecule has 0 fully saturated rings. The molecule has 0 bridgehead atoms. The van der Waals surface area contributed by atoms with Crippen LogP contribution in [0.5, 0.6) is 0 Å². The summed E-state index contributed by atoms with van der Waals surface area (Å²) in [6.07, 6.45) is 0. The van der Waals surface area contributed by atoms with Gasteiger partial charge in [-0.3, -0.25) is 9.59 Å². The Kier molecular flexibility index (Phi) is 8.02. The average molecular weight is 383 g/mol. The molecule has 0 radical (unpaired) electrons. The van der Waals surface area contributed by atoms with Gasteiger partial charge in [-0.05, 0) is 12.8 Å². The minimum atomic E-state index is -0.622. The third-order valence-electron chi connectivity index (χ3n) is 3.48. The van der Waals surface area contributed by atoms with E-state index in [1.807, 2.05) is 51.1 Å². The van der Waals surface area contributed by atoms with Gasteiger partial charge < -0.3 is 16.4 Å². The lowest BCUT2D eigenvalue weighted by Gasteiger charge is -2.15. The summed E-state index contributed by atoms with van der Waals surface area (Å²) < 4.78 is 0. The lowest BCUT2D eigenvalue weighted by Crippen LogP contribution is -2.46. The number of anilines is 1. The number of hydrogen-bond donors (Lipinski definition) is 3. The van der Waals surface area contributed by atoms with Crippen molar-refractivity contribution in [1.29, 1.82) is 0 Å². The van der Waals surface area contributed by atoms with Gasteiger partial charge in [-0.25, -0.2) is 4.98 Å². The van der Waals surface area contributed by atoms with Crippen LogP contribution in [0.1, 0.15) is 18.9 Å². The summed E-state index contributed by atoms with van der Waals surface area (Å²) in [5, 5.41) is 6.90. The number of benzene rings is 1. The highest BCUT2D eigenvalue weighted by atomic mass is 35.5. The Balaban J connectivity index is 0.00000312. The highest BCUT2D eigenvalue weighted by molar-refractivity contribution is 7.16. The second-order valence-corrected chi connectivity index (χ2v) is 7.02. The summed E-state index contributed by atoms with van der Waals surface area (Å²) in [5.74, 6) is -0.619. The van der Waals surface area contributed by atoms with Crippen LogP contribution in [-0.4, -0.2) is 29.4 Å². The largest absolute Gasteiger partial charge is 0.346 e. The summed E-state index contributed by atoms with van der Waals surface area (Å²) in [4.78, 5) is 28.4. The summed E-state index contributed by atoms with van der Waals surface area (Å²) in [6.45, 7) is 5.48. The zero-order valence-electron chi connectivity index (χ0n) is 14.4. The number of halogens is 1. The van der Waals surface area contributed by atoms with Crippen molar-refractivity contribution in [3.8, 4) is 11.3 Å². The maximum Gasteiger partial charge on any atom is 0.244 e. The Morgan fingerprint density at radius 1 is 1.24 bits per heavy atom. The quantitative estimate of drug-likeness (QED) is 0.715. The van der Waals surface area contributed by atoms with Crippen LogP contribution in [0.4, 0.5) is 5.00 Å². The van der Waals surface area contributed by atoms with Crippen LogP contribution in [0, 0.1) is 12.8 Å². The topological polar surface area (TPSA) is 97.1 Å². The van der Waals surface area contributed by atoms with E-state index in [-0.39, 0.29) is 36.7 Å². The predicted octanol–water partition coefficient (Wildman–Crippen LogP) is 2.58. The maximum atomic E-state index is 12.1. The van der Waals surface area contributed by atoms with Gasteiger partial charge in [-0.15, -0.1) is 23.7 Å². The number of carbonyl (C=O) groups excluding carboxylic acids is 2. The first-order valence-corrected chi connectivity index (χ1v) is 8.56. The van der Waals surface area contributed by atoms with Crippen LogP contribution in [0.15, 0.2) is 30.3 Å². The van der Waals surface area contributed by atoms with E-state index in [4.69, 9.17) is 5.73 Å². The molecule has 4 N–H and O–H groups in total. The standard InChI is InChI=1S/C17H22N4O2S.ClH/c1-10(2)14(18)16(23)19-9-13(22)21-17-15(20-11(3)24-17)12-7-5-4-6-8-12;/h4-8,10,14H,9,18H2,1-3H3,(H,19,23)(H,21,22);1H/t14-;/m0./s1. The smallest absolute Gasteiger partial charge is 0.244 e. The molecule has 0 aliphatic carbocycles. The molecular formula is C17H23ClN4O2S. The average Bonchev–Trinajstić information content (AvgIpc) is 2.92. The van der Waals surface area contributed by atoms with Crippen LogP contribution in [0.25, 0.3) is 11.3 Å². The lowest BCUT2D eigenvalue weighted by atomic mass is 10.1. The minimum absolute atomic E-state index is 0. The molecule has 1 aromatic heterocycles. The summed E-state index contributed by atoms with van der Waals surface area (Å²) in [5.41, 5.74) is 7.42. The van der Waals surface area contributed by atoms with Gasteiger partial charge in [0.25, 0.3) is 0 Å². The van der Waals surface area contributed by atoms with Gasteiger partial charge in [0.2, 0.25) is 11.8 Å². The van der Waals surface area contributed by atoms with Gasteiger partial charge in [-0.2, -0.15) is 0 Å². The Morgan fingerprint density at radius 2 is 1.88 bits per heavy atom. The molecule has 0 spiro atoms. The zero-order valence-corrected chi connectivity index (χ0v) is 16.0. The van der Waals surface area contributed by atoms with E-state index in [1.54, 1.807) is 0 Å². The summed E-state index contributed by atoms with van der Waals surface area (Å²) in [7, 11) is 0. The third kappa shape index (κ3) is 5.81. The molecule has 136 valence electrons. The lowest BCUT2D eigenvalue weighted by molar-refractivity contribution is -0.125. The molecule has 1 aromatic carbocycles. The molecule has 0 aliphatic heterocycles. The van der Waals surface area contributed by atoms with E-state index in [9.17, 15) is 9.59 Å². The molecule has 2 rings (SSSR count). The summed E-state index contributed by atoms with van der Waals surface area (Å²) >= 11 is 1.40. The second-order valence-electron chi connectivity index (χ2n) is 5.81. The molecule has 8 heteroatoms. The first-order valence-electron chi connectivity index (χ1n) is 7.74. The Morgan fingerprint density at radius 3 is 2.48 bits per heavy atom. The Bertz CT molecular complexity index is 719. The van der Waals surface area contributed by atoms with E-state index in [1.165, 1.54) is 11.3 Å². The summed E-state index contributed by atoms with van der Waals surface area (Å²) in [6, 6.07) is 9.02. The van der Waals surface area contributed by atoms with Crippen molar-refractivity contribution in [1.82, 2.24) is 10.3 Å². The number of amides is 2. The molecule has 0 saturated heterocycles. The number of carbonyl (C=O) groups is 2. The molecule has 2 aromatic rings. The number of aromatic nitrogens is 1. The van der Waals surface area contributed by atoms with Crippen molar-refractivity contribution >= 4 is 40.6 Å². The highest BCUT2D eigenvalue weighted by Crippen LogP contribution is 2.32. The molecule has 0 saturated carbocycles. The number of aryl methyl sites for hydroxylation is 1. The number of rotatable bonds is 6. The zero-order chi connectivity index (χ0) is 17.7. The van der Waals surface area contributed by atoms with Crippen molar-refractivity contribution in [3.05, 3.63) is 35.3 Å². The van der Waals surface area contributed by atoms with Crippen LogP contribution in [0.3, 0.4) is 0 Å². The van der Waals surface area contributed by atoms with E-state index >= 15 is 0 Å². The van der Waals surface area contributed by atoms with E-state index < -0.39 is 6.04 Å². The molecule has 25 heavy (non-hydrogen) atoms. The number of nitrogens with one attached hydrogen (secondary N) is 2. The molecule has 0 unspecified atom stereocenters. The van der Waals surface area contributed by atoms with Gasteiger partial charge in [0.05, 0.1) is 17.6 Å². The minimum Gasteiger partial charge on any atom is -0.346 e. The predicted molar refractivity (Wildman–Crippen MR) is 104 cm³/mol. The molecule has 6 nitrogen and oxygen atoms in total. The van der Waals surface area contributed by atoms with Gasteiger partial charge in [-0.1, -0.05) is 44.2 Å². The van der Waals surface area contributed by atoms with Crippen molar-refractivity contribution in [2.24, 2.45) is 11.7 Å².